The van der Waals surface area contributed by atoms with E-state index in [1.54, 1.807) is 0 Å². The van der Waals surface area contributed by atoms with Crippen molar-refractivity contribution >= 4 is 15.9 Å². The molecule has 2 aromatic rings. The monoisotopic (exact) mass is 360 g/mol. The average molecular weight is 361 g/mol. The molecule has 0 bridgehead atoms. The fraction of sp³-hybridized carbons (Fsp3) is 0.294. The molecule has 0 saturated carbocycles. The van der Waals surface area contributed by atoms with Gasteiger partial charge in [0.1, 0.15) is 0 Å². The Labute approximate surface area is 138 Å². The fourth-order valence-corrected chi connectivity index (χ4v) is 3.71. The van der Waals surface area contributed by atoms with Crippen molar-refractivity contribution in [2.75, 3.05) is 13.1 Å². The van der Waals surface area contributed by atoms with E-state index in [1.165, 1.54) is 5.56 Å². The zero-order valence-electron chi connectivity index (χ0n) is 12.1. The van der Waals surface area contributed by atoms with Gasteiger partial charge in [-0.15, -0.1) is 0 Å². The molecule has 22 heavy (non-hydrogen) atoms. The standard InChI is InChI=1S/C17H17BrN2O2/c18-16-9-5-4-8-14(16)15-11-19(12-17(15)20(21)22)10-13-6-2-1-3-7-13/h1-9,15,17H,10-12H2. The van der Waals surface area contributed by atoms with E-state index in [-0.39, 0.29) is 10.8 Å². The lowest BCUT2D eigenvalue weighted by Crippen LogP contribution is -2.28. The van der Waals surface area contributed by atoms with Gasteiger partial charge in [0.05, 0.1) is 12.5 Å². The Balaban J connectivity index is 1.81. The Kier molecular flexibility index (Phi) is 4.55. The van der Waals surface area contributed by atoms with Gasteiger partial charge in [-0.1, -0.05) is 64.5 Å². The summed E-state index contributed by atoms with van der Waals surface area (Å²) >= 11 is 3.53. The summed E-state index contributed by atoms with van der Waals surface area (Å²) in [6.45, 7) is 1.96. The highest BCUT2D eigenvalue weighted by atomic mass is 79.9. The smallest absolute Gasteiger partial charge is 0.233 e. The van der Waals surface area contributed by atoms with E-state index in [1.807, 2.05) is 42.5 Å². The van der Waals surface area contributed by atoms with Crippen LogP contribution in [0.25, 0.3) is 0 Å². The highest BCUT2D eigenvalue weighted by Gasteiger charge is 2.42. The minimum absolute atomic E-state index is 0.0747. The van der Waals surface area contributed by atoms with E-state index < -0.39 is 6.04 Å². The normalized spacial score (nSPS) is 21.9. The number of hydrogen-bond acceptors (Lipinski definition) is 3. The van der Waals surface area contributed by atoms with Crippen molar-refractivity contribution in [3.8, 4) is 0 Å². The Bertz CT molecular complexity index is 663. The molecule has 2 aromatic carbocycles. The van der Waals surface area contributed by atoms with Crippen LogP contribution in [0.2, 0.25) is 0 Å². The summed E-state index contributed by atoms with van der Waals surface area (Å²) in [5.41, 5.74) is 2.22. The van der Waals surface area contributed by atoms with Gasteiger partial charge < -0.3 is 0 Å². The molecule has 2 atom stereocenters. The third-order valence-corrected chi connectivity index (χ3v) is 4.91. The van der Waals surface area contributed by atoms with Crippen molar-refractivity contribution in [3.05, 3.63) is 80.3 Å². The summed E-state index contributed by atoms with van der Waals surface area (Å²) in [5.74, 6) is -0.0747. The van der Waals surface area contributed by atoms with E-state index in [0.29, 0.717) is 13.1 Å². The lowest BCUT2D eigenvalue weighted by Gasteiger charge is -2.15. The number of hydrogen-bond donors (Lipinski definition) is 0. The van der Waals surface area contributed by atoms with Crippen LogP contribution in [0.15, 0.2) is 59.1 Å². The van der Waals surface area contributed by atoms with E-state index in [9.17, 15) is 10.1 Å². The maximum atomic E-state index is 11.5. The predicted octanol–water partition coefficient (Wildman–Crippen LogP) is 3.69. The van der Waals surface area contributed by atoms with Gasteiger partial charge >= 0.3 is 0 Å². The van der Waals surface area contributed by atoms with E-state index >= 15 is 0 Å². The molecule has 4 nitrogen and oxygen atoms in total. The first-order valence-corrected chi connectivity index (χ1v) is 8.08. The molecular formula is C17H17BrN2O2. The highest BCUT2D eigenvalue weighted by Crippen LogP contribution is 2.34. The maximum absolute atomic E-state index is 11.5. The topological polar surface area (TPSA) is 46.4 Å². The number of likely N-dealkylation sites (tertiary alicyclic amines) is 1. The Hall–Kier alpha value is -1.72. The third-order valence-electron chi connectivity index (χ3n) is 4.19. The second-order valence-corrected chi connectivity index (χ2v) is 6.51. The molecule has 1 aliphatic rings. The van der Waals surface area contributed by atoms with Gasteiger partial charge in [-0.3, -0.25) is 15.0 Å². The largest absolute Gasteiger partial charge is 0.292 e. The Morgan fingerprint density at radius 2 is 1.77 bits per heavy atom. The van der Waals surface area contributed by atoms with Crippen LogP contribution in [0.5, 0.6) is 0 Å². The lowest BCUT2D eigenvalue weighted by molar-refractivity contribution is -0.521. The van der Waals surface area contributed by atoms with Gasteiger partial charge in [-0.05, 0) is 17.2 Å². The second kappa shape index (κ2) is 6.58. The minimum atomic E-state index is -0.553. The van der Waals surface area contributed by atoms with Crippen molar-refractivity contribution < 1.29 is 4.92 Å². The molecule has 0 aliphatic carbocycles. The van der Waals surface area contributed by atoms with Crippen molar-refractivity contribution in [1.82, 2.24) is 4.90 Å². The maximum Gasteiger partial charge on any atom is 0.233 e. The zero-order chi connectivity index (χ0) is 15.5. The lowest BCUT2D eigenvalue weighted by atomic mass is 9.95. The van der Waals surface area contributed by atoms with Crippen LogP contribution < -0.4 is 0 Å². The van der Waals surface area contributed by atoms with E-state index in [0.717, 1.165) is 16.6 Å². The van der Waals surface area contributed by atoms with Gasteiger partial charge in [0.2, 0.25) is 6.04 Å². The minimum Gasteiger partial charge on any atom is -0.292 e. The van der Waals surface area contributed by atoms with Crippen LogP contribution in [-0.2, 0) is 6.54 Å². The molecule has 114 valence electrons. The van der Waals surface area contributed by atoms with Crippen LogP contribution >= 0.6 is 15.9 Å². The van der Waals surface area contributed by atoms with Crippen LogP contribution in [0, 0.1) is 10.1 Å². The van der Waals surface area contributed by atoms with Crippen LogP contribution in [0.4, 0.5) is 0 Å². The van der Waals surface area contributed by atoms with Crippen molar-refractivity contribution in [2.45, 2.75) is 18.5 Å². The summed E-state index contributed by atoms with van der Waals surface area (Å²) in [6.07, 6.45) is 0. The summed E-state index contributed by atoms with van der Waals surface area (Å²) < 4.78 is 0.952. The summed E-state index contributed by atoms with van der Waals surface area (Å²) in [5, 5.41) is 11.5. The van der Waals surface area contributed by atoms with E-state index in [2.05, 4.69) is 33.0 Å². The van der Waals surface area contributed by atoms with Gasteiger partial charge in [0.25, 0.3) is 0 Å². The molecule has 1 saturated heterocycles. The first-order valence-electron chi connectivity index (χ1n) is 7.29. The summed E-state index contributed by atoms with van der Waals surface area (Å²) in [4.78, 5) is 13.5. The van der Waals surface area contributed by atoms with Crippen molar-refractivity contribution in [2.24, 2.45) is 0 Å². The third kappa shape index (κ3) is 3.20. The first-order chi connectivity index (χ1) is 10.6. The molecular weight excluding hydrogens is 344 g/mol. The summed E-state index contributed by atoms with van der Waals surface area (Å²) in [6, 6.07) is 17.4. The number of rotatable bonds is 4. The molecule has 1 fully saturated rings. The van der Waals surface area contributed by atoms with Crippen LogP contribution in [-0.4, -0.2) is 29.0 Å². The average Bonchev–Trinajstić information content (AvgIpc) is 2.92. The van der Waals surface area contributed by atoms with Gasteiger partial charge in [0.15, 0.2) is 0 Å². The SMILES string of the molecule is O=[N+]([O-])C1CN(Cc2ccccc2)CC1c1ccccc1Br. The van der Waals surface area contributed by atoms with Gasteiger partial charge in [0, 0.05) is 22.5 Å². The van der Waals surface area contributed by atoms with Crippen LogP contribution in [0.1, 0.15) is 17.0 Å². The number of nitrogens with zero attached hydrogens (tertiary/aromatic N) is 2. The molecule has 3 rings (SSSR count). The highest BCUT2D eigenvalue weighted by molar-refractivity contribution is 9.10. The molecule has 0 spiro atoms. The Morgan fingerprint density at radius 1 is 1.09 bits per heavy atom. The predicted molar refractivity (Wildman–Crippen MR) is 89.4 cm³/mol. The van der Waals surface area contributed by atoms with Crippen LogP contribution in [0.3, 0.4) is 0 Å². The molecule has 1 aliphatic heterocycles. The molecule has 5 heteroatoms. The van der Waals surface area contributed by atoms with Gasteiger partial charge in [-0.25, -0.2) is 0 Å². The van der Waals surface area contributed by atoms with Gasteiger partial charge in [-0.2, -0.15) is 0 Å². The number of benzene rings is 2. The Morgan fingerprint density at radius 3 is 2.45 bits per heavy atom. The molecule has 0 amide bonds. The molecule has 0 radical (unpaired) electrons. The molecule has 2 unspecified atom stereocenters. The molecule has 0 N–H and O–H groups in total. The molecule has 1 heterocycles. The van der Waals surface area contributed by atoms with Crippen molar-refractivity contribution in [1.29, 1.82) is 0 Å². The fourth-order valence-electron chi connectivity index (χ4n) is 3.13. The molecule has 0 aromatic heterocycles. The van der Waals surface area contributed by atoms with E-state index in [4.69, 9.17) is 0 Å². The quantitative estimate of drug-likeness (QED) is 0.616. The number of nitro groups is 1. The zero-order valence-corrected chi connectivity index (χ0v) is 13.6. The van der Waals surface area contributed by atoms with Crippen molar-refractivity contribution in [3.63, 3.8) is 0 Å². The second-order valence-electron chi connectivity index (χ2n) is 5.66. The number of halogens is 1. The summed E-state index contributed by atoms with van der Waals surface area (Å²) in [7, 11) is 0. The first kappa shape index (κ1) is 15.2.